The number of rotatable bonds is 3. The van der Waals surface area contributed by atoms with Gasteiger partial charge in [-0.25, -0.2) is 0 Å². The number of nitro benzene ring substituents is 1. The smallest absolute Gasteiger partial charge is 0.277 e. The maximum atomic E-state index is 11.0. The van der Waals surface area contributed by atoms with Gasteiger partial charge in [-0.1, -0.05) is 18.2 Å². The van der Waals surface area contributed by atoms with Gasteiger partial charge in [-0.05, 0) is 31.4 Å². The minimum absolute atomic E-state index is 0.0694. The van der Waals surface area contributed by atoms with Gasteiger partial charge in [0, 0.05) is 11.5 Å². The lowest BCUT2D eigenvalue weighted by molar-refractivity contribution is -0.383. The van der Waals surface area contributed by atoms with Crippen LogP contribution in [0.1, 0.15) is 19.3 Å². The van der Waals surface area contributed by atoms with Crippen LogP contribution in [0.25, 0.3) is 10.8 Å². The number of nitro groups is 1. The van der Waals surface area contributed by atoms with Crippen LogP contribution >= 0.6 is 0 Å². The molecule has 1 saturated carbocycles. The Kier molecular flexibility index (Phi) is 3.28. The lowest BCUT2D eigenvalue weighted by atomic mass is 10.1. The molecular weight excluding hydrogens is 258 g/mol. The van der Waals surface area contributed by atoms with Crippen LogP contribution in [-0.2, 0) is 0 Å². The van der Waals surface area contributed by atoms with E-state index in [1.54, 1.807) is 24.3 Å². The Bertz CT molecular complexity index is 655. The van der Waals surface area contributed by atoms with Crippen LogP contribution in [0.3, 0.4) is 0 Å². The van der Waals surface area contributed by atoms with Gasteiger partial charge in [0.15, 0.2) is 0 Å². The largest absolute Gasteiger partial charge is 0.487 e. The zero-order valence-corrected chi connectivity index (χ0v) is 10.9. The van der Waals surface area contributed by atoms with Crippen molar-refractivity contribution in [2.45, 2.75) is 31.5 Å². The summed E-state index contributed by atoms with van der Waals surface area (Å²) in [6.45, 7) is 0. The van der Waals surface area contributed by atoms with E-state index in [2.05, 4.69) is 0 Å². The van der Waals surface area contributed by atoms with E-state index in [4.69, 9.17) is 4.74 Å². The zero-order chi connectivity index (χ0) is 14.1. The summed E-state index contributed by atoms with van der Waals surface area (Å²) in [4.78, 5) is 10.7. The first kappa shape index (κ1) is 12.9. The number of hydrogen-bond acceptors (Lipinski definition) is 4. The van der Waals surface area contributed by atoms with E-state index in [9.17, 15) is 15.2 Å². The van der Waals surface area contributed by atoms with Gasteiger partial charge in [0.1, 0.15) is 11.9 Å². The van der Waals surface area contributed by atoms with Crippen molar-refractivity contribution in [1.82, 2.24) is 0 Å². The Labute approximate surface area is 115 Å². The predicted octanol–water partition coefficient (Wildman–Crippen LogP) is 3.04. The van der Waals surface area contributed by atoms with Crippen LogP contribution in [0, 0.1) is 10.1 Å². The molecule has 1 N–H and O–H groups in total. The van der Waals surface area contributed by atoms with E-state index >= 15 is 0 Å². The fourth-order valence-electron chi connectivity index (χ4n) is 2.72. The number of benzene rings is 2. The zero-order valence-electron chi connectivity index (χ0n) is 10.9. The Morgan fingerprint density at radius 3 is 2.55 bits per heavy atom. The van der Waals surface area contributed by atoms with Gasteiger partial charge in [0.05, 0.1) is 16.4 Å². The highest BCUT2D eigenvalue weighted by Crippen LogP contribution is 2.35. The molecule has 5 nitrogen and oxygen atoms in total. The third kappa shape index (κ3) is 2.20. The summed E-state index contributed by atoms with van der Waals surface area (Å²) in [5.74, 6) is 0.595. The average molecular weight is 273 g/mol. The summed E-state index contributed by atoms with van der Waals surface area (Å²) >= 11 is 0. The Hall–Kier alpha value is -2.14. The Morgan fingerprint density at radius 1 is 1.15 bits per heavy atom. The van der Waals surface area contributed by atoms with Crippen LogP contribution < -0.4 is 4.74 Å². The summed E-state index contributed by atoms with van der Waals surface area (Å²) in [5.41, 5.74) is 0.0694. The number of ether oxygens (including phenoxy) is 1. The summed E-state index contributed by atoms with van der Waals surface area (Å²) in [6.07, 6.45) is 1.82. The molecule has 0 heterocycles. The first-order valence-electron chi connectivity index (χ1n) is 6.67. The molecule has 0 aliphatic heterocycles. The summed E-state index contributed by atoms with van der Waals surface area (Å²) in [5, 5.41) is 22.1. The highest BCUT2D eigenvalue weighted by molar-refractivity contribution is 5.95. The van der Waals surface area contributed by atoms with Crippen LogP contribution in [0.4, 0.5) is 5.69 Å². The third-order valence-corrected chi connectivity index (χ3v) is 3.75. The number of non-ortho nitro benzene ring substituents is 1. The average Bonchev–Trinajstić information content (AvgIpc) is 2.84. The molecule has 1 aliphatic rings. The second-order valence-corrected chi connectivity index (χ2v) is 5.04. The van der Waals surface area contributed by atoms with E-state index < -0.39 is 11.0 Å². The van der Waals surface area contributed by atoms with Crippen LogP contribution in [-0.4, -0.2) is 22.2 Å². The highest BCUT2D eigenvalue weighted by Gasteiger charge is 2.27. The van der Waals surface area contributed by atoms with Crippen molar-refractivity contribution in [2.75, 3.05) is 0 Å². The highest BCUT2D eigenvalue weighted by atomic mass is 16.6. The summed E-state index contributed by atoms with van der Waals surface area (Å²) in [6, 6.07) is 10.2. The molecule has 2 aromatic carbocycles. The molecule has 20 heavy (non-hydrogen) atoms. The minimum atomic E-state index is -0.455. The maximum Gasteiger partial charge on any atom is 0.277 e. The maximum absolute atomic E-state index is 11.0. The summed E-state index contributed by atoms with van der Waals surface area (Å²) < 4.78 is 5.86. The minimum Gasteiger partial charge on any atom is -0.487 e. The molecule has 0 saturated heterocycles. The van der Waals surface area contributed by atoms with Gasteiger partial charge >= 0.3 is 0 Å². The molecule has 3 rings (SSSR count). The molecule has 0 radical (unpaired) electrons. The van der Waals surface area contributed by atoms with E-state index in [1.807, 2.05) is 6.07 Å². The van der Waals surface area contributed by atoms with Crippen molar-refractivity contribution in [1.29, 1.82) is 0 Å². The van der Waals surface area contributed by atoms with Gasteiger partial charge < -0.3 is 9.84 Å². The van der Waals surface area contributed by atoms with Crippen molar-refractivity contribution in [2.24, 2.45) is 0 Å². The topological polar surface area (TPSA) is 72.6 Å². The fourth-order valence-corrected chi connectivity index (χ4v) is 2.72. The number of aliphatic hydroxyl groups is 1. The number of aliphatic hydroxyl groups excluding tert-OH is 1. The quantitative estimate of drug-likeness (QED) is 0.689. The normalized spacial score (nSPS) is 22.1. The van der Waals surface area contributed by atoms with Crippen molar-refractivity contribution >= 4 is 16.5 Å². The van der Waals surface area contributed by atoms with Crippen molar-refractivity contribution < 1.29 is 14.8 Å². The van der Waals surface area contributed by atoms with E-state index in [-0.39, 0.29) is 11.8 Å². The molecule has 2 aromatic rings. The third-order valence-electron chi connectivity index (χ3n) is 3.75. The molecule has 2 atom stereocenters. The number of hydrogen-bond donors (Lipinski definition) is 1. The van der Waals surface area contributed by atoms with Crippen molar-refractivity contribution in [3.63, 3.8) is 0 Å². The molecule has 0 bridgehead atoms. The molecule has 104 valence electrons. The van der Waals surface area contributed by atoms with Crippen LogP contribution in [0.5, 0.6) is 5.75 Å². The number of nitrogens with zero attached hydrogens (tertiary/aromatic N) is 1. The second-order valence-electron chi connectivity index (χ2n) is 5.04. The van der Waals surface area contributed by atoms with Gasteiger partial charge in [-0.15, -0.1) is 0 Å². The van der Waals surface area contributed by atoms with E-state index in [0.717, 1.165) is 19.3 Å². The molecule has 1 fully saturated rings. The second kappa shape index (κ2) is 5.09. The van der Waals surface area contributed by atoms with E-state index in [1.165, 1.54) is 6.07 Å². The SMILES string of the molecule is O=[N+]([O-])c1ccc(O[C@H]2CCC[C@@H]2O)c2ccccc12. The molecule has 0 amide bonds. The van der Waals surface area contributed by atoms with Crippen molar-refractivity contribution in [3.05, 3.63) is 46.5 Å². The first-order valence-corrected chi connectivity index (χ1v) is 6.67. The molecule has 1 aliphatic carbocycles. The van der Waals surface area contributed by atoms with Crippen LogP contribution in [0.15, 0.2) is 36.4 Å². The lowest BCUT2D eigenvalue weighted by Gasteiger charge is -2.18. The van der Waals surface area contributed by atoms with Gasteiger partial charge in [-0.2, -0.15) is 0 Å². The molecular formula is C15H15NO4. The Balaban J connectivity index is 2.04. The monoisotopic (exact) mass is 273 g/mol. The first-order chi connectivity index (χ1) is 9.66. The summed E-state index contributed by atoms with van der Waals surface area (Å²) in [7, 11) is 0. The molecule has 5 heteroatoms. The standard InChI is InChI=1S/C15H15NO4/c17-13-6-3-7-15(13)20-14-9-8-12(16(18)19)10-4-1-2-5-11(10)14/h1-2,4-5,8-9,13,15,17H,3,6-7H2/t13-,15-/m0/s1. The molecule has 0 unspecified atom stereocenters. The van der Waals surface area contributed by atoms with Gasteiger partial charge in [-0.3, -0.25) is 10.1 Å². The van der Waals surface area contributed by atoms with Crippen molar-refractivity contribution in [3.8, 4) is 5.75 Å². The van der Waals surface area contributed by atoms with E-state index in [0.29, 0.717) is 16.5 Å². The molecule has 0 spiro atoms. The van der Waals surface area contributed by atoms with Crippen LogP contribution in [0.2, 0.25) is 0 Å². The lowest BCUT2D eigenvalue weighted by Crippen LogP contribution is -2.25. The fraction of sp³-hybridized carbons (Fsp3) is 0.333. The molecule has 0 aromatic heterocycles. The Morgan fingerprint density at radius 2 is 1.90 bits per heavy atom. The van der Waals surface area contributed by atoms with Gasteiger partial charge in [0.2, 0.25) is 0 Å². The predicted molar refractivity (Wildman–Crippen MR) is 74.9 cm³/mol. The van der Waals surface area contributed by atoms with Gasteiger partial charge in [0.25, 0.3) is 5.69 Å². The number of fused-ring (bicyclic) bond motifs is 1.